The largest absolute Gasteiger partial charge is 0.488 e. The lowest BCUT2D eigenvalue weighted by Crippen LogP contribution is -2.48. The minimum atomic E-state index is -0.729. The van der Waals surface area contributed by atoms with Gasteiger partial charge in [-0.05, 0) is 0 Å². The van der Waals surface area contributed by atoms with E-state index >= 15 is 0 Å². The number of nitro benzene ring substituents is 1. The number of primary amides is 1. The van der Waals surface area contributed by atoms with Crippen LogP contribution in [0.1, 0.15) is 13.8 Å². The Labute approximate surface area is 131 Å². The van der Waals surface area contributed by atoms with Crippen molar-refractivity contribution in [3.63, 3.8) is 0 Å². The van der Waals surface area contributed by atoms with E-state index in [4.69, 9.17) is 33.7 Å². The molecule has 0 aromatic heterocycles. The van der Waals surface area contributed by atoms with E-state index in [2.05, 4.69) is 5.32 Å². The van der Waals surface area contributed by atoms with Crippen LogP contribution < -0.4 is 15.8 Å². The lowest BCUT2D eigenvalue weighted by molar-refractivity contribution is -0.384. The first kappa shape index (κ1) is 17.5. The van der Waals surface area contributed by atoms with Crippen LogP contribution >= 0.6 is 23.2 Å². The Kier molecular flexibility index (Phi) is 6.19. The van der Waals surface area contributed by atoms with E-state index in [0.29, 0.717) is 0 Å². The van der Waals surface area contributed by atoms with Gasteiger partial charge in [0.2, 0.25) is 5.91 Å². The van der Waals surface area contributed by atoms with Gasteiger partial charge in [-0.2, -0.15) is 0 Å². The lowest BCUT2D eigenvalue weighted by atomic mass is 10.2. The monoisotopic (exact) mass is 335 g/mol. The summed E-state index contributed by atoms with van der Waals surface area (Å²) in [5.74, 6) is -0.515. The van der Waals surface area contributed by atoms with E-state index in [9.17, 15) is 14.9 Å². The average molecular weight is 336 g/mol. The molecule has 116 valence electrons. The third-order valence-electron chi connectivity index (χ3n) is 2.47. The molecule has 0 radical (unpaired) electrons. The van der Waals surface area contributed by atoms with Crippen molar-refractivity contribution >= 4 is 34.8 Å². The number of nitrogens with one attached hydrogen (secondary N) is 1. The summed E-state index contributed by atoms with van der Waals surface area (Å²) < 4.78 is 5.38. The van der Waals surface area contributed by atoms with Crippen molar-refractivity contribution < 1.29 is 14.5 Å². The summed E-state index contributed by atoms with van der Waals surface area (Å²) in [6, 6.07) is 1.54. The average Bonchev–Trinajstić information content (AvgIpc) is 2.35. The summed E-state index contributed by atoms with van der Waals surface area (Å²) in [4.78, 5) is 21.3. The molecule has 9 heteroatoms. The highest BCUT2D eigenvalue weighted by Crippen LogP contribution is 2.36. The van der Waals surface area contributed by atoms with Crippen LogP contribution in [0.3, 0.4) is 0 Å². The Morgan fingerprint density at radius 1 is 1.43 bits per heavy atom. The molecule has 1 atom stereocenters. The topological polar surface area (TPSA) is 107 Å². The standard InChI is InChI=1S/C12H15Cl2N3O4/c1-6(2)16-10(12(15)18)5-21-11-8(13)3-7(17(19)20)4-9(11)14/h3-4,6,10,16H,5H2,1-2H3,(H2,15,18). The Hall–Kier alpha value is -1.57. The van der Waals surface area contributed by atoms with Crippen molar-refractivity contribution in [1.82, 2.24) is 5.32 Å². The number of nitro groups is 1. The third-order valence-corrected chi connectivity index (χ3v) is 3.03. The first-order valence-electron chi connectivity index (χ1n) is 6.04. The van der Waals surface area contributed by atoms with Crippen LogP contribution in [-0.4, -0.2) is 29.5 Å². The summed E-state index contributed by atoms with van der Waals surface area (Å²) in [6.07, 6.45) is 0. The van der Waals surface area contributed by atoms with Crippen molar-refractivity contribution in [1.29, 1.82) is 0 Å². The summed E-state index contributed by atoms with van der Waals surface area (Å²) >= 11 is 11.8. The fourth-order valence-corrected chi connectivity index (χ4v) is 2.16. The number of benzene rings is 1. The van der Waals surface area contributed by atoms with Crippen molar-refractivity contribution in [2.75, 3.05) is 6.61 Å². The second-order valence-electron chi connectivity index (χ2n) is 4.58. The normalized spacial score (nSPS) is 12.2. The van der Waals surface area contributed by atoms with Crippen LogP contribution in [0.15, 0.2) is 12.1 Å². The SMILES string of the molecule is CC(C)NC(COc1c(Cl)cc([N+](=O)[O-])cc1Cl)C(N)=O. The van der Waals surface area contributed by atoms with Gasteiger partial charge in [0.1, 0.15) is 12.6 Å². The molecule has 0 fully saturated rings. The molecule has 0 saturated carbocycles. The minimum absolute atomic E-state index is 0.0121. The molecule has 1 aromatic carbocycles. The van der Waals surface area contributed by atoms with Crippen LogP contribution in [-0.2, 0) is 4.79 Å². The molecule has 0 aliphatic rings. The predicted octanol–water partition coefficient (Wildman–Crippen LogP) is 2.13. The molecule has 1 amide bonds. The summed E-state index contributed by atoms with van der Waals surface area (Å²) in [5, 5.41) is 13.6. The molecular formula is C12H15Cl2N3O4. The molecular weight excluding hydrogens is 321 g/mol. The van der Waals surface area contributed by atoms with E-state index in [-0.39, 0.29) is 34.1 Å². The molecule has 7 nitrogen and oxygen atoms in total. The quantitative estimate of drug-likeness (QED) is 0.586. The number of halogens is 2. The second-order valence-corrected chi connectivity index (χ2v) is 5.40. The molecule has 1 rings (SSSR count). The number of rotatable bonds is 7. The number of amides is 1. The van der Waals surface area contributed by atoms with Gasteiger partial charge in [0.25, 0.3) is 5.69 Å². The van der Waals surface area contributed by atoms with E-state index in [1.54, 1.807) is 0 Å². The van der Waals surface area contributed by atoms with E-state index < -0.39 is 16.9 Å². The first-order valence-corrected chi connectivity index (χ1v) is 6.79. The maximum atomic E-state index is 11.3. The maximum absolute atomic E-state index is 11.3. The number of carbonyl (C=O) groups is 1. The van der Waals surface area contributed by atoms with Crippen molar-refractivity contribution in [3.8, 4) is 5.75 Å². The van der Waals surface area contributed by atoms with Crippen LogP contribution in [0.5, 0.6) is 5.75 Å². The number of hydrogen-bond acceptors (Lipinski definition) is 5. The molecule has 21 heavy (non-hydrogen) atoms. The van der Waals surface area contributed by atoms with Crippen molar-refractivity contribution in [2.24, 2.45) is 5.73 Å². The molecule has 3 N–H and O–H groups in total. The summed E-state index contributed by atoms with van der Waals surface area (Å²) in [7, 11) is 0. The highest BCUT2D eigenvalue weighted by atomic mass is 35.5. The highest BCUT2D eigenvalue weighted by molar-refractivity contribution is 6.37. The molecule has 0 saturated heterocycles. The van der Waals surface area contributed by atoms with E-state index in [1.807, 2.05) is 13.8 Å². The van der Waals surface area contributed by atoms with Gasteiger partial charge in [0.15, 0.2) is 5.75 Å². The molecule has 1 aromatic rings. The summed E-state index contributed by atoms with van der Waals surface area (Å²) in [6.45, 7) is 3.61. The Morgan fingerprint density at radius 3 is 2.33 bits per heavy atom. The lowest BCUT2D eigenvalue weighted by Gasteiger charge is -2.19. The molecule has 0 aliphatic heterocycles. The van der Waals surface area contributed by atoms with Gasteiger partial charge in [-0.3, -0.25) is 14.9 Å². The van der Waals surface area contributed by atoms with Gasteiger partial charge in [-0.1, -0.05) is 37.0 Å². The molecule has 0 bridgehead atoms. The van der Waals surface area contributed by atoms with Gasteiger partial charge in [0, 0.05) is 18.2 Å². The van der Waals surface area contributed by atoms with E-state index in [1.165, 1.54) is 0 Å². The minimum Gasteiger partial charge on any atom is -0.488 e. The number of nitrogens with zero attached hydrogens (tertiary/aromatic N) is 1. The van der Waals surface area contributed by atoms with Gasteiger partial charge in [-0.15, -0.1) is 0 Å². The zero-order valence-electron chi connectivity index (χ0n) is 11.4. The fraction of sp³-hybridized carbons (Fsp3) is 0.417. The Bertz CT molecular complexity index is 528. The highest BCUT2D eigenvalue weighted by Gasteiger charge is 2.20. The van der Waals surface area contributed by atoms with Crippen molar-refractivity contribution in [3.05, 3.63) is 32.3 Å². The van der Waals surface area contributed by atoms with Crippen LogP contribution in [0.4, 0.5) is 5.69 Å². The smallest absolute Gasteiger partial charge is 0.272 e. The Morgan fingerprint density at radius 2 is 1.95 bits per heavy atom. The van der Waals surface area contributed by atoms with Gasteiger partial charge in [-0.25, -0.2) is 0 Å². The number of nitrogens with two attached hydrogens (primary N) is 1. The molecule has 1 unspecified atom stereocenters. The van der Waals surface area contributed by atoms with Crippen molar-refractivity contribution in [2.45, 2.75) is 25.9 Å². The predicted molar refractivity (Wildman–Crippen MR) is 79.9 cm³/mol. The van der Waals surface area contributed by atoms with Crippen LogP contribution in [0.25, 0.3) is 0 Å². The zero-order chi connectivity index (χ0) is 16.2. The molecule has 0 heterocycles. The van der Waals surface area contributed by atoms with Gasteiger partial charge >= 0.3 is 0 Å². The zero-order valence-corrected chi connectivity index (χ0v) is 12.9. The van der Waals surface area contributed by atoms with Gasteiger partial charge in [0.05, 0.1) is 15.0 Å². The Balaban J connectivity index is 2.88. The molecule has 0 spiro atoms. The van der Waals surface area contributed by atoms with Crippen LogP contribution in [0.2, 0.25) is 10.0 Å². The number of ether oxygens (including phenoxy) is 1. The number of non-ortho nitro benzene ring substituents is 1. The second kappa shape index (κ2) is 7.44. The maximum Gasteiger partial charge on any atom is 0.272 e. The third kappa shape index (κ3) is 5.04. The fourth-order valence-electron chi connectivity index (χ4n) is 1.57. The number of hydrogen-bond donors (Lipinski definition) is 2. The molecule has 0 aliphatic carbocycles. The van der Waals surface area contributed by atoms with E-state index in [0.717, 1.165) is 12.1 Å². The van der Waals surface area contributed by atoms with Gasteiger partial charge < -0.3 is 15.8 Å². The number of carbonyl (C=O) groups excluding carboxylic acids is 1. The van der Waals surface area contributed by atoms with Crippen LogP contribution in [0, 0.1) is 10.1 Å². The first-order chi connectivity index (χ1) is 9.72. The summed E-state index contributed by atoms with van der Waals surface area (Å²) in [5.41, 5.74) is 5.01.